The van der Waals surface area contributed by atoms with Crippen LogP contribution in [0, 0.1) is 11.6 Å². The summed E-state index contributed by atoms with van der Waals surface area (Å²) in [4.78, 5) is 25.7. The Labute approximate surface area is 221 Å². The molecule has 1 aliphatic heterocycles. The van der Waals surface area contributed by atoms with E-state index in [2.05, 4.69) is 6.58 Å². The molecule has 0 unspecified atom stereocenters. The average molecular weight is 537 g/mol. The zero-order chi connectivity index (χ0) is 27.9. The second kappa shape index (κ2) is 10.1. The topological polar surface area (TPSA) is 76.5 Å². The number of halogens is 4. The number of nitrogens with two attached hydrogens (primary N) is 1. The smallest absolute Gasteiger partial charge is 0.253 e. The molecule has 9 heteroatoms. The number of furan rings is 1. The Kier molecular flexibility index (Phi) is 6.76. The first kappa shape index (κ1) is 26.2. The van der Waals surface area contributed by atoms with Crippen LogP contribution in [0.4, 0.5) is 17.6 Å². The van der Waals surface area contributed by atoms with E-state index in [9.17, 15) is 27.2 Å². The third-order valence-electron chi connectivity index (χ3n) is 6.88. The van der Waals surface area contributed by atoms with Gasteiger partial charge in [-0.2, -0.15) is 0 Å². The molecule has 1 fully saturated rings. The van der Waals surface area contributed by atoms with Gasteiger partial charge in [-0.1, -0.05) is 24.8 Å². The summed E-state index contributed by atoms with van der Waals surface area (Å²) in [6, 6.07) is 15.6. The van der Waals surface area contributed by atoms with Gasteiger partial charge in [0.15, 0.2) is 11.6 Å². The maximum Gasteiger partial charge on any atom is 0.253 e. The minimum absolute atomic E-state index is 0.00710. The average Bonchev–Trinajstić information content (AvgIpc) is 3.31. The number of rotatable bonds is 6. The van der Waals surface area contributed by atoms with E-state index < -0.39 is 23.5 Å². The number of likely N-dealkylation sites (tertiary alicyclic amines) is 1. The minimum Gasteiger partial charge on any atom is -0.460 e. The van der Waals surface area contributed by atoms with Crippen LogP contribution in [0.15, 0.2) is 77.2 Å². The van der Waals surface area contributed by atoms with Gasteiger partial charge in [0.05, 0.1) is 0 Å². The van der Waals surface area contributed by atoms with Crippen LogP contribution in [0.1, 0.15) is 29.0 Å². The van der Waals surface area contributed by atoms with E-state index >= 15 is 0 Å². The number of hydrogen-bond donors (Lipinski definition) is 1. The molecule has 1 saturated heterocycles. The SMILES string of the molecule is C=C(Cc1cc2cc(-c3ccc(C(=O)N4CCC(F)(F)CC4)cc3)cc(-c3ccc(F)c(F)c3)c2o1)C(N)=O. The molecule has 4 aromatic rings. The molecule has 0 aliphatic carbocycles. The van der Waals surface area contributed by atoms with Crippen LogP contribution in [0.25, 0.3) is 33.2 Å². The molecule has 39 heavy (non-hydrogen) atoms. The van der Waals surface area contributed by atoms with Gasteiger partial charge in [-0.05, 0) is 59.2 Å². The summed E-state index contributed by atoms with van der Waals surface area (Å²) < 4.78 is 60.7. The molecule has 200 valence electrons. The fourth-order valence-electron chi connectivity index (χ4n) is 4.66. The Balaban J connectivity index is 1.51. The van der Waals surface area contributed by atoms with Crippen LogP contribution in [-0.4, -0.2) is 35.7 Å². The van der Waals surface area contributed by atoms with Gasteiger partial charge in [0.1, 0.15) is 11.3 Å². The first-order valence-corrected chi connectivity index (χ1v) is 12.3. The summed E-state index contributed by atoms with van der Waals surface area (Å²) in [5.74, 6) is -5.30. The second-order valence-corrected chi connectivity index (χ2v) is 9.65. The molecule has 1 aliphatic rings. The number of amides is 2. The molecule has 5 rings (SSSR count). The van der Waals surface area contributed by atoms with Crippen molar-refractivity contribution in [2.45, 2.75) is 25.2 Å². The Morgan fingerprint density at radius 2 is 1.56 bits per heavy atom. The van der Waals surface area contributed by atoms with E-state index in [1.807, 2.05) is 6.07 Å². The molecule has 1 aromatic heterocycles. The van der Waals surface area contributed by atoms with Crippen molar-refractivity contribution in [2.24, 2.45) is 5.73 Å². The van der Waals surface area contributed by atoms with Crippen molar-refractivity contribution in [3.8, 4) is 22.3 Å². The lowest BCUT2D eigenvalue weighted by Crippen LogP contribution is -2.42. The van der Waals surface area contributed by atoms with Crippen LogP contribution in [0.2, 0.25) is 0 Å². The molecular formula is C30H24F4N2O3. The number of piperidine rings is 1. The van der Waals surface area contributed by atoms with Gasteiger partial charge in [-0.25, -0.2) is 17.6 Å². The normalized spacial score (nSPS) is 14.9. The molecule has 0 bridgehead atoms. The van der Waals surface area contributed by atoms with Crippen molar-refractivity contribution >= 4 is 22.8 Å². The highest BCUT2D eigenvalue weighted by Crippen LogP contribution is 2.37. The van der Waals surface area contributed by atoms with Crippen molar-refractivity contribution < 1.29 is 31.6 Å². The number of alkyl halides is 2. The molecule has 0 saturated carbocycles. The lowest BCUT2D eigenvalue weighted by atomic mass is 9.96. The standard InChI is InChI=1S/C30H24F4N2O3/c1-17(28(35)37)12-23-14-22-13-21(15-24(27(22)39-23)20-6-7-25(31)26(32)16-20)18-2-4-19(5-3-18)29(38)36-10-8-30(33,34)9-11-36/h2-7,13-16H,1,8-12H2,(H2,35,37). The highest BCUT2D eigenvalue weighted by molar-refractivity contribution is 5.98. The predicted molar refractivity (Wildman–Crippen MR) is 139 cm³/mol. The van der Waals surface area contributed by atoms with E-state index in [-0.39, 0.29) is 43.8 Å². The number of hydrogen-bond acceptors (Lipinski definition) is 3. The third-order valence-corrected chi connectivity index (χ3v) is 6.88. The zero-order valence-corrected chi connectivity index (χ0v) is 20.8. The first-order valence-electron chi connectivity index (χ1n) is 12.3. The highest BCUT2D eigenvalue weighted by atomic mass is 19.3. The summed E-state index contributed by atoms with van der Waals surface area (Å²) in [7, 11) is 0. The fraction of sp³-hybridized carbons (Fsp3) is 0.200. The summed E-state index contributed by atoms with van der Waals surface area (Å²) in [5, 5.41) is 0.647. The Hall–Kier alpha value is -4.40. The molecule has 0 spiro atoms. The molecule has 0 atom stereocenters. The summed E-state index contributed by atoms with van der Waals surface area (Å²) in [5.41, 5.74) is 8.55. The summed E-state index contributed by atoms with van der Waals surface area (Å²) in [6.45, 7) is 3.64. The monoisotopic (exact) mass is 536 g/mol. The van der Waals surface area contributed by atoms with Gasteiger partial charge in [-0.3, -0.25) is 9.59 Å². The van der Waals surface area contributed by atoms with E-state index in [0.717, 1.165) is 17.7 Å². The van der Waals surface area contributed by atoms with Crippen LogP contribution >= 0.6 is 0 Å². The van der Waals surface area contributed by atoms with Gasteiger partial charge in [0.2, 0.25) is 5.91 Å². The molecule has 2 heterocycles. The van der Waals surface area contributed by atoms with Gasteiger partial charge >= 0.3 is 0 Å². The number of benzene rings is 3. The van der Waals surface area contributed by atoms with Crippen molar-refractivity contribution in [3.63, 3.8) is 0 Å². The van der Waals surface area contributed by atoms with E-state index in [4.69, 9.17) is 10.2 Å². The minimum atomic E-state index is -2.75. The largest absolute Gasteiger partial charge is 0.460 e. The maximum absolute atomic E-state index is 14.1. The van der Waals surface area contributed by atoms with Gasteiger partial charge < -0.3 is 15.1 Å². The van der Waals surface area contributed by atoms with Crippen molar-refractivity contribution in [1.82, 2.24) is 4.90 Å². The van der Waals surface area contributed by atoms with Gasteiger partial charge in [0.25, 0.3) is 11.8 Å². The van der Waals surface area contributed by atoms with Crippen molar-refractivity contribution in [2.75, 3.05) is 13.1 Å². The fourth-order valence-corrected chi connectivity index (χ4v) is 4.66. The van der Waals surface area contributed by atoms with Crippen molar-refractivity contribution in [3.05, 3.63) is 95.8 Å². The predicted octanol–water partition coefficient (Wildman–Crippen LogP) is 6.50. The number of carbonyl (C=O) groups is 2. The van der Waals surface area contributed by atoms with Crippen molar-refractivity contribution in [1.29, 1.82) is 0 Å². The third kappa shape index (κ3) is 5.43. The molecule has 0 radical (unpaired) electrons. The lowest BCUT2D eigenvalue weighted by Gasteiger charge is -2.31. The van der Waals surface area contributed by atoms with Crippen LogP contribution in [0.5, 0.6) is 0 Å². The lowest BCUT2D eigenvalue weighted by molar-refractivity contribution is -0.114. The van der Waals surface area contributed by atoms with Crippen LogP contribution in [-0.2, 0) is 11.2 Å². The quantitative estimate of drug-likeness (QED) is 0.226. The number of carbonyl (C=O) groups excluding carboxylic acids is 2. The number of nitrogens with zero attached hydrogens (tertiary/aromatic N) is 1. The molecule has 2 amide bonds. The summed E-state index contributed by atoms with van der Waals surface area (Å²) >= 11 is 0. The summed E-state index contributed by atoms with van der Waals surface area (Å²) in [6.07, 6.45) is -0.637. The Morgan fingerprint density at radius 3 is 2.21 bits per heavy atom. The van der Waals surface area contributed by atoms with E-state index in [1.165, 1.54) is 11.0 Å². The van der Waals surface area contributed by atoms with Gasteiger partial charge in [-0.15, -0.1) is 0 Å². The Morgan fingerprint density at radius 1 is 0.897 bits per heavy atom. The molecular weight excluding hydrogens is 512 g/mol. The number of primary amides is 1. The molecule has 2 N–H and O–H groups in total. The molecule has 3 aromatic carbocycles. The van der Waals surface area contributed by atoms with Gasteiger partial charge in [0, 0.05) is 54.4 Å². The Bertz CT molecular complexity index is 1600. The van der Waals surface area contributed by atoms with E-state index in [1.54, 1.807) is 36.4 Å². The zero-order valence-electron chi connectivity index (χ0n) is 20.8. The maximum atomic E-state index is 14.1. The van der Waals surface area contributed by atoms with E-state index in [0.29, 0.717) is 39.0 Å². The second-order valence-electron chi connectivity index (χ2n) is 9.65. The van der Waals surface area contributed by atoms with Crippen LogP contribution in [0.3, 0.4) is 0 Å². The first-order chi connectivity index (χ1) is 18.5. The molecule has 5 nitrogen and oxygen atoms in total. The highest BCUT2D eigenvalue weighted by Gasteiger charge is 2.35. The number of fused-ring (bicyclic) bond motifs is 1. The van der Waals surface area contributed by atoms with Crippen LogP contribution < -0.4 is 5.73 Å².